The van der Waals surface area contributed by atoms with Crippen LogP contribution in [-0.2, 0) is 16.6 Å². The van der Waals surface area contributed by atoms with Gasteiger partial charge in [0.2, 0.25) is 0 Å². The van der Waals surface area contributed by atoms with Crippen molar-refractivity contribution >= 4 is 5.97 Å². The lowest BCUT2D eigenvalue weighted by Crippen LogP contribution is -2.15. The normalized spacial score (nSPS) is 30.3. The molecule has 0 unspecified atom stereocenters. The number of carbonyl (C=O) groups is 1. The highest BCUT2D eigenvalue weighted by Crippen LogP contribution is 2.61. The zero-order valence-electron chi connectivity index (χ0n) is 13.0. The van der Waals surface area contributed by atoms with Crippen molar-refractivity contribution in [3.05, 3.63) is 29.3 Å². The summed E-state index contributed by atoms with van der Waals surface area (Å²) < 4.78 is 6.04. The van der Waals surface area contributed by atoms with Crippen molar-refractivity contribution in [1.29, 1.82) is 0 Å². The Morgan fingerprint density at radius 1 is 1.27 bits per heavy atom. The van der Waals surface area contributed by atoms with Gasteiger partial charge in [-0.3, -0.25) is 4.79 Å². The molecule has 3 aliphatic rings. The van der Waals surface area contributed by atoms with E-state index in [2.05, 4.69) is 18.2 Å². The van der Waals surface area contributed by atoms with Crippen molar-refractivity contribution < 1.29 is 14.6 Å². The van der Waals surface area contributed by atoms with E-state index in [1.807, 2.05) is 0 Å². The van der Waals surface area contributed by atoms with E-state index in [0.29, 0.717) is 5.92 Å². The maximum Gasteiger partial charge on any atom is 0.307 e. The van der Waals surface area contributed by atoms with Crippen LogP contribution in [-0.4, -0.2) is 17.7 Å². The fourth-order valence-corrected chi connectivity index (χ4v) is 4.59. The highest BCUT2D eigenvalue weighted by atomic mass is 16.5. The molecule has 3 heteroatoms. The lowest BCUT2D eigenvalue weighted by molar-refractivity contribution is -0.139. The molecule has 1 aromatic carbocycles. The molecule has 0 bridgehead atoms. The smallest absolute Gasteiger partial charge is 0.307 e. The summed E-state index contributed by atoms with van der Waals surface area (Å²) in [6.07, 6.45) is 9.43. The van der Waals surface area contributed by atoms with Gasteiger partial charge in [0.1, 0.15) is 5.75 Å². The SMILES string of the molecule is O=C(O)[C@@H]1C[C@]12CCc1ccc(OCC3CCCCC3)cc12. The van der Waals surface area contributed by atoms with Gasteiger partial charge >= 0.3 is 5.97 Å². The molecule has 1 N–H and O–H groups in total. The third kappa shape index (κ3) is 2.31. The van der Waals surface area contributed by atoms with Crippen LogP contribution in [0.1, 0.15) is 56.1 Å². The van der Waals surface area contributed by atoms with Gasteiger partial charge in [-0.15, -0.1) is 0 Å². The molecule has 1 aromatic rings. The van der Waals surface area contributed by atoms with Crippen molar-refractivity contribution in [1.82, 2.24) is 0 Å². The minimum atomic E-state index is -0.638. The predicted molar refractivity (Wildman–Crippen MR) is 84.3 cm³/mol. The first-order valence-electron chi connectivity index (χ1n) is 8.68. The van der Waals surface area contributed by atoms with Crippen molar-refractivity contribution in [2.24, 2.45) is 11.8 Å². The van der Waals surface area contributed by atoms with E-state index in [1.54, 1.807) is 0 Å². The second-order valence-electron chi connectivity index (χ2n) is 7.39. The van der Waals surface area contributed by atoms with E-state index < -0.39 is 5.97 Å². The third-order valence-electron chi connectivity index (χ3n) is 6.04. The predicted octanol–water partition coefficient (Wildman–Crippen LogP) is 3.93. The van der Waals surface area contributed by atoms with Gasteiger partial charge in [0, 0.05) is 5.41 Å². The minimum Gasteiger partial charge on any atom is -0.493 e. The minimum absolute atomic E-state index is 0.0780. The van der Waals surface area contributed by atoms with Crippen LogP contribution < -0.4 is 4.74 Å². The van der Waals surface area contributed by atoms with Gasteiger partial charge in [0.05, 0.1) is 12.5 Å². The van der Waals surface area contributed by atoms with Crippen molar-refractivity contribution in [3.8, 4) is 5.75 Å². The molecule has 0 amide bonds. The number of ether oxygens (including phenoxy) is 1. The lowest BCUT2D eigenvalue weighted by Gasteiger charge is -2.22. The summed E-state index contributed by atoms with van der Waals surface area (Å²) in [6.45, 7) is 0.814. The average Bonchev–Trinajstić information content (AvgIpc) is 3.18. The molecule has 118 valence electrons. The molecule has 0 heterocycles. The maximum absolute atomic E-state index is 11.3. The van der Waals surface area contributed by atoms with Crippen molar-refractivity contribution in [2.45, 2.75) is 56.8 Å². The molecule has 3 nitrogen and oxygen atoms in total. The van der Waals surface area contributed by atoms with Gasteiger partial charge in [-0.1, -0.05) is 25.3 Å². The molecule has 0 aliphatic heterocycles. The van der Waals surface area contributed by atoms with Gasteiger partial charge < -0.3 is 9.84 Å². The fraction of sp³-hybridized carbons (Fsp3) is 0.632. The first-order chi connectivity index (χ1) is 10.7. The molecular weight excluding hydrogens is 276 g/mol. The standard InChI is InChI=1S/C19H24O3/c20-18(21)17-11-19(17)9-8-14-6-7-15(10-16(14)19)22-12-13-4-2-1-3-5-13/h6-7,10,13,17H,1-5,8-9,11-12H2,(H,20,21)/t17-,19-/m0/s1. The Morgan fingerprint density at radius 2 is 2.09 bits per heavy atom. The van der Waals surface area contributed by atoms with Crippen LogP contribution in [0.4, 0.5) is 0 Å². The van der Waals surface area contributed by atoms with E-state index in [0.717, 1.165) is 31.6 Å². The Kier molecular flexibility index (Phi) is 3.39. The first kappa shape index (κ1) is 14.1. The summed E-state index contributed by atoms with van der Waals surface area (Å²) >= 11 is 0. The van der Waals surface area contributed by atoms with Crippen LogP contribution >= 0.6 is 0 Å². The average molecular weight is 300 g/mol. The maximum atomic E-state index is 11.3. The molecule has 2 fully saturated rings. The Morgan fingerprint density at radius 3 is 2.82 bits per heavy atom. The van der Waals surface area contributed by atoms with Gasteiger partial charge in [0.15, 0.2) is 0 Å². The molecule has 2 saturated carbocycles. The van der Waals surface area contributed by atoms with E-state index in [1.165, 1.54) is 43.2 Å². The Hall–Kier alpha value is -1.51. The quantitative estimate of drug-likeness (QED) is 0.916. The van der Waals surface area contributed by atoms with Crippen LogP contribution in [0.2, 0.25) is 0 Å². The van der Waals surface area contributed by atoms with Crippen molar-refractivity contribution in [2.75, 3.05) is 6.61 Å². The number of hydrogen-bond donors (Lipinski definition) is 1. The second-order valence-corrected chi connectivity index (χ2v) is 7.39. The molecule has 0 radical (unpaired) electrons. The number of benzene rings is 1. The summed E-state index contributed by atoms with van der Waals surface area (Å²) in [6, 6.07) is 6.35. The fourth-order valence-electron chi connectivity index (χ4n) is 4.59. The summed E-state index contributed by atoms with van der Waals surface area (Å²) in [4.78, 5) is 11.3. The second kappa shape index (κ2) is 5.29. The number of carboxylic acids is 1. The van der Waals surface area contributed by atoms with E-state index >= 15 is 0 Å². The van der Waals surface area contributed by atoms with Crippen LogP contribution in [0.25, 0.3) is 0 Å². The van der Waals surface area contributed by atoms with E-state index in [4.69, 9.17) is 4.74 Å². The zero-order chi connectivity index (χ0) is 15.2. The van der Waals surface area contributed by atoms with Crippen LogP contribution in [0, 0.1) is 11.8 Å². The zero-order valence-corrected chi connectivity index (χ0v) is 13.0. The molecule has 2 atom stereocenters. The monoisotopic (exact) mass is 300 g/mol. The molecule has 0 saturated heterocycles. The summed E-state index contributed by atoms with van der Waals surface area (Å²) in [5, 5.41) is 9.32. The topological polar surface area (TPSA) is 46.5 Å². The van der Waals surface area contributed by atoms with Gasteiger partial charge in [-0.05, 0) is 61.3 Å². The first-order valence-corrected chi connectivity index (χ1v) is 8.68. The molecule has 3 aliphatic carbocycles. The lowest BCUT2D eigenvalue weighted by atomic mass is 9.90. The summed E-state index contributed by atoms with van der Waals surface area (Å²) in [7, 11) is 0. The Balaban J connectivity index is 1.47. The van der Waals surface area contributed by atoms with Crippen LogP contribution in [0.5, 0.6) is 5.75 Å². The molecule has 0 aromatic heterocycles. The number of aliphatic carboxylic acids is 1. The Bertz CT molecular complexity index is 588. The van der Waals surface area contributed by atoms with Gasteiger partial charge in [0.25, 0.3) is 0 Å². The summed E-state index contributed by atoms with van der Waals surface area (Å²) in [5.41, 5.74) is 2.50. The van der Waals surface area contributed by atoms with E-state index in [-0.39, 0.29) is 11.3 Å². The van der Waals surface area contributed by atoms with Crippen LogP contribution in [0.3, 0.4) is 0 Å². The number of aryl methyl sites for hydroxylation is 1. The van der Waals surface area contributed by atoms with Crippen LogP contribution in [0.15, 0.2) is 18.2 Å². The van der Waals surface area contributed by atoms with Crippen molar-refractivity contribution in [3.63, 3.8) is 0 Å². The third-order valence-corrected chi connectivity index (χ3v) is 6.04. The highest BCUT2D eigenvalue weighted by molar-refractivity contribution is 5.78. The molecule has 4 rings (SSSR count). The Labute approximate surface area is 131 Å². The number of hydrogen-bond acceptors (Lipinski definition) is 2. The molecular formula is C19H24O3. The van der Waals surface area contributed by atoms with Gasteiger partial charge in [-0.25, -0.2) is 0 Å². The highest BCUT2D eigenvalue weighted by Gasteiger charge is 2.61. The number of fused-ring (bicyclic) bond motifs is 2. The number of carboxylic acid groups (broad SMARTS) is 1. The largest absolute Gasteiger partial charge is 0.493 e. The van der Waals surface area contributed by atoms with E-state index in [9.17, 15) is 9.90 Å². The van der Waals surface area contributed by atoms with Gasteiger partial charge in [-0.2, -0.15) is 0 Å². The molecule has 22 heavy (non-hydrogen) atoms. The number of rotatable bonds is 4. The molecule has 1 spiro atoms. The summed E-state index contributed by atoms with van der Waals surface area (Å²) in [5.74, 6) is 0.814.